The molecule has 7 heteroatoms. The minimum Gasteiger partial charge on any atom is -0.378 e. The molecule has 3 aromatic rings. The Hall–Kier alpha value is -2.80. The summed E-state index contributed by atoms with van der Waals surface area (Å²) in [6, 6.07) is 5.00. The summed E-state index contributed by atoms with van der Waals surface area (Å²) in [6.07, 6.45) is 14.6. The van der Waals surface area contributed by atoms with E-state index in [0.717, 1.165) is 62.4 Å². The molecule has 5 rings (SSSR count). The molecule has 2 aliphatic rings. The number of benzene rings is 1. The molecule has 1 aromatic carbocycles. The van der Waals surface area contributed by atoms with Gasteiger partial charge in [0.15, 0.2) is 0 Å². The molecule has 1 saturated heterocycles. The summed E-state index contributed by atoms with van der Waals surface area (Å²) in [5.41, 5.74) is 4.62. The van der Waals surface area contributed by atoms with Crippen LogP contribution in [0.25, 0.3) is 11.0 Å². The van der Waals surface area contributed by atoms with E-state index in [1.54, 1.807) is 24.8 Å². The minimum atomic E-state index is 0.481. The highest BCUT2D eigenvalue weighted by molar-refractivity contribution is 5.82. The van der Waals surface area contributed by atoms with E-state index in [-0.39, 0.29) is 0 Å². The molecule has 0 bridgehead atoms. The monoisotopic (exact) mass is 404 g/mol. The summed E-state index contributed by atoms with van der Waals surface area (Å²) in [6.45, 7) is 3.45. The molecule has 0 amide bonds. The van der Waals surface area contributed by atoms with Crippen LogP contribution in [0.4, 0.5) is 11.5 Å². The fourth-order valence-corrected chi connectivity index (χ4v) is 4.69. The zero-order chi connectivity index (χ0) is 20.2. The van der Waals surface area contributed by atoms with Crippen LogP contribution < -0.4 is 10.2 Å². The number of hydrogen-bond acceptors (Lipinski definition) is 7. The molecule has 30 heavy (non-hydrogen) atoms. The Morgan fingerprint density at radius 2 is 1.73 bits per heavy atom. The number of fused-ring (bicyclic) bond motifs is 1. The number of ether oxygens (including phenoxy) is 1. The number of aromatic nitrogens is 4. The van der Waals surface area contributed by atoms with Gasteiger partial charge >= 0.3 is 0 Å². The highest BCUT2D eigenvalue weighted by Crippen LogP contribution is 2.32. The predicted molar refractivity (Wildman–Crippen MR) is 118 cm³/mol. The van der Waals surface area contributed by atoms with Gasteiger partial charge in [-0.25, -0.2) is 4.98 Å². The van der Waals surface area contributed by atoms with Crippen LogP contribution in [0.1, 0.15) is 31.2 Å². The fourth-order valence-electron chi connectivity index (χ4n) is 4.69. The number of anilines is 2. The zero-order valence-electron chi connectivity index (χ0n) is 17.2. The molecular weight excluding hydrogens is 376 g/mol. The van der Waals surface area contributed by atoms with Gasteiger partial charge in [0, 0.05) is 49.6 Å². The number of morpholine rings is 1. The third-order valence-corrected chi connectivity index (χ3v) is 6.28. The second kappa shape index (κ2) is 8.92. The van der Waals surface area contributed by atoms with Gasteiger partial charge in [0.25, 0.3) is 0 Å². The van der Waals surface area contributed by atoms with Crippen molar-refractivity contribution in [1.82, 2.24) is 19.9 Å². The van der Waals surface area contributed by atoms with Crippen LogP contribution >= 0.6 is 0 Å². The van der Waals surface area contributed by atoms with Gasteiger partial charge in [0.1, 0.15) is 5.82 Å². The molecule has 156 valence electrons. The number of rotatable bonds is 5. The Morgan fingerprint density at radius 1 is 0.933 bits per heavy atom. The lowest BCUT2D eigenvalue weighted by molar-refractivity contribution is 0.122. The Kier molecular flexibility index (Phi) is 5.70. The van der Waals surface area contributed by atoms with Crippen LogP contribution in [0.2, 0.25) is 0 Å². The third kappa shape index (κ3) is 4.36. The second-order valence-corrected chi connectivity index (χ2v) is 8.29. The number of nitrogens with one attached hydrogen (secondary N) is 1. The third-order valence-electron chi connectivity index (χ3n) is 6.28. The average molecular weight is 405 g/mol. The van der Waals surface area contributed by atoms with E-state index in [9.17, 15) is 0 Å². The van der Waals surface area contributed by atoms with Gasteiger partial charge in [-0.1, -0.05) is 0 Å². The molecule has 3 heterocycles. The Morgan fingerprint density at radius 3 is 2.53 bits per heavy atom. The zero-order valence-corrected chi connectivity index (χ0v) is 17.2. The summed E-state index contributed by atoms with van der Waals surface area (Å²) in [5.74, 6) is 1.55. The van der Waals surface area contributed by atoms with Crippen molar-refractivity contribution in [3.05, 3.63) is 48.7 Å². The Bertz CT molecular complexity index is 968. The maximum atomic E-state index is 5.53. The van der Waals surface area contributed by atoms with E-state index in [2.05, 4.69) is 42.3 Å². The first kappa shape index (κ1) is 19.2. The van der Waals surface area contributed by atoms with Crippen molar-refractivity contribution in [3.8, 4) is 0 Å². The standard InChI is InChI=1S/C23H28N6O/c1-3-19(28-22-16-24-5-6-26-22)4-2-17(1)13-18-14-20(29-9-11-30-12-10-29)15-21-23(18)27-8-7-25-21/h5-8,14-17,19H,1-4,9-13H2,(H,26,28). The molecule has 1 saturated carbocycles. The highest BCUT2D eigenvalue weighted by atomic mass is 16.5. The summed E-state index contributed by atoms with van der Waals surface area (Å²) in [4.78, 5) is 20.2. The van der Waals surface area contributed by atoms with Crippen molar-refractivity contribution in [2.24, 2.45) is 5.92 Å². The number of hydrogen-bond donors (Lipinski definition) is 1. The molecule has 0 spiro atoms. The molecular formula is C23H28N6O. The molecule has 1 aliphatic carbocycles. The topological polar surface area (TPSA) is 76.1 Å². The first-order valence-corrected chi connectivity index (χ1v) is 10.9. The molecule has 1 N–H and O–H groups in total. The number of nitrogens with zero attached hydrogens (tertiary/aromatic N) is 5. The molecule has 7 nitrogen and oxygen atoms in total. The molecule has 2 fully saturated rings. The molecule has 2 aromatic heterocycles. The summed E-state index contributed by atoms with van der Waals surface area (Å²) < 4.78 is 5.53. The first-order chi connectivity index (χ1) is 14.8. The summed E-state index contributed by atoms with van der Waals surface area (Å²) in [7, 11) is 0. The lowest BCUT2D eigenvalue weighted by atomic mass is 9.82. The quantitative estimate of drug-likeness (QED) is 0.698. The van der Waals surface area contributed by atoms with E-state index in [0.29, 0.717) is 12.0 Å². The predicted octanol–water partition coefficient (Wildman–Crippen LogP) is 3.47. The van der Waals surface area contributed by atoms with Gasteiger partial charge < -0.3 is 15.0 Å². The van der Waals surface area contributed by atoms with Crippen molar-refractivity contribution in [1.29, 1.82) is 0 Å². The van der Waals surface area contributed by atoms with Gasteiger partial charge in [0.05, 0.1) is 30.4 Å². The van der Waals surface area contributed by atoms with E-state index in [1.807, 2.05) is 6.20 Å². The fraction of sp³-hybridized carbons (Fsp3) is 0.478. The van der Waals surface area contributed by atoms with E-state index >= 15 is 0 Å². The Labute approximate surface area is 176 Å². The molecule has 1 aliphatic heterocycles. The van der Waals surface area contributed by atoms with Gasteiger partial charge in [-0.2, -0.15) is 0 Å². The van der Waals surface area contributed by atoms with Crippen LogP contribution in [0.15, 0.2) is 43.1 Å². The van der Waals surface area contributed by atoms with E-state index in [4.69, 9.17) is 4.74 Å². The van der Waals surface area contributed by atoms with E-state index < -0.39 is 0 Å². The van der Waals surface area contributed by atoms with Gasteiger partial charge in [-0.3, -0.25) is 15.0 Å². The normalized spacial score (nSPS) is 22.2. The smallest absolute Gasteiger partial charge is 0.144 e. The van der Waals surface area contributed by atoms with Gasteiger partial charge in [0.2, 0.25) is 0 Å². The lowest BCUT2D eigenvalue weighted by Crippen LogP contribution is -2.36. The maximum absolute atomic E-state index is 5.53. The summed E-state index contributed by atoms with van der Waals surface area (Å²) in [5, 5.41) is 3.53. The molecule has 0 unspecified atom stereocenters. The van der Waals surface area contributed by atoms with Crippen molar-refractivity contribution < 1.29 is 4.74 Å². The first-order valence-electron chi connectivity index (χ1n) is 10.9. The maximum Gasteiger partial charge on any atom is 0.144 e. The van der Waals surface area contributed by atoms with Crippen LogP contribution in [0.5, 0.6) is 0 Å². The SMILES string of the molecule is c1cnc(NC2CCC(Cc3cc(N4CCOCC4)cc4nccnc34)CC2)cn1. The molecule has 0 radical (unpaired) electrons. The van der Waals surface area contributed by atoms with Crippen molar-refractivity contribution in [2.75, 3.05) is 36.5 Å². The largest absolute Gasteiger partial charge is 0.378 e. The van der Waals surface area contributed by atoms with E-state index in [1.165, 1.54) is 24.1 Å². The highest BCUT2D eigenvalue weighted by Gasteiger charge is 2.23. The van der Waals surface area contributed by atoms with Gasteiger partial charge in [-0.15, -0.1) is 0 Å². The van der Waals surface area contributed by atoms with Crippen LogP contribution in [-0.2, 0) is 11.2 Å². The minimum absolute atomic E-state index is 0.481. The second-order valence-electron chi connectivity index (χ2n) is 8.29. The van der Waals surface area contributed by atoms with Crippen LogP contribution in [0, 0.1) is 5.92 Å². The average Bonchev–Trinajstić information content (AvgIpc) is 2.81. The van der Waals surface area contributed by atoms with Crippen molar-refractivity contribution in [2.45, 2.75) is 38.1 Å². The summed E-state index contributed by atoms with van der Waals surface area (Å²) >= 11 is 0. The van der Waals surface area contributed by atoms with Crippen molar-refractivity contribution >= 4 is 22.5 Å². The van der Waals surface area contributed by atoms with Crippen LogP contribution in [-0.4, -0.2) is 52.3 Å². The van der Waals surface area contributed by atoms with Gasteiger partial charge in [-0.05, 0) is 55.7 Å². The van der Waals surface area contributed by atoms with Crippen molar-refractivity contribution in [3.63, 3.8) is 0 Å². The lowest BCUT2D eigenvalue weighted by Gasteiger charge is -2.31. The molecule has 0 atom stereocenters. The Balaban J connectivity index is 1.29. The van der Waals surface area contributed by atoms with Crippen LogP contribution in [0.3, 0.4) is 0 Å².